The molecule has 3 aromatic carbocycles. The van der Waals surface area contributed by atoms with Crippen molar-refractivity contribution in [3.05, 3.63) is 102 Å². The number of nitrogens with one attached hydrogen (secondary N) is 7. The van der Waals surface area contributed by atoms with Crippen LogP contribution < -0.4 is 43.4 Å². The van der Waals surface area contributed by atoms with Crippen molar-refractivity contribution in [2.24, 2.45) is 35.1 Å². The van der Waals surface area contributed by atoms with Gasteiger partial charge in [-0.3, -0.25) is 71.9 Å². The highest BCUT2D eigenvalue weighted by Crippen LogP contribution is 2.25. The van der Waals surface area contributed by atoms with Crippen LogP contribution in [-0.4, -0.2) is 345 Å². The Bertz CT molecular complexity index is 4200. The van der Waals surface area contributed by atoms with Gasteiger partial charge in [0.25, 0.3) is 0 Å². The van der Waals surface area contributed by atoms with Crippen LogP contribution >= 0.6 is 36.2 Å². The Morgan fingerprint density at radius 1 is 0.385 bits per heavy atom. The molecule has 0 fully saturated rings. The number of Topliss-reactive ketones (excluding diaryl/α,β-unsaturated/α-hetero) is 5. The second kappa shape index (κ2) is 72.0. The zero-order chi connectivity index (χ0) is 98.8. The van der Waals surface area contributed by atoms with Crippen LogP contribution in [0.5, 0.6) is 5.75 Å². The van der Waals surface area contributed by atoms with Gasteiger partial charge in [-0.15, -0.1) is 0 Å². The van der Waals surface area contributed by atoms with Crippen molar-refractivity contribution < 1.29 is 149 Å². The number of ether oxygens (including phenoxy) is 12. The predicted octanol–water partition coefficient (Wildman–Crippen LogP) is 2.76. The van der Waals surface area contributed by atoms with Gasteiger partial charge in [0.2, 0.25) is 41.4 Å². The number of hydrogen-bond acceptors (Lipinski definition) is 32. The summed E-state index contributed by atoms with van der Waals surface area (Å²) in [5, 5.41) is 55.4. The summed E-state index contributed by atoms with van der Waals surface area (Å²) in [5.74, 6) is -16.0. The number of H-pyrrole nitrogens is 1. The highest BCUT2D eigenvalue weighted by Gasteiger charge is 2.37. The van der Waals surface area contributed by atoms with Gasteiger partial charge in [-0.25, -0.2) is 0 Å². The standard InChI is InChI=1S/C92H137N9O31S3/c1-4-71(93)92(120)101-77(59-87(114)115)82(107)56-68(61-133)89(117)95-23-25-122-27-29-124-31-33-126-35-37-128-39-41-130-43-45-132-47-46-131-44-42-129-40-38-127-36-34-125-32-30-123-28-26-121-24-20-84(109)98-75(57-85(110)111)81(106)55-66(51-63-14-16-69(102)17-15-63)91(119)99-73(22-49-135-3)78(103)18-19-83(108)97-74(52-67-60-96-72-13-9-8-12-70(67)72)79(104)53-64(21-48-134-2)90(118)100-76(58-86(112)113)80(105)54-65(88(94)116)50-62-10-6-5-7-11-62/h5-17,60,64-66,68,71,73-77,96,102,133H,4,18-59,61,93H2,1-3H3,(H2,94,116)(H,95,117)(H,97,108)(H,98,109)(H,99,119)(H,100,118)(H,101,120)(H,110,111)(H,112,113)(H,114,115)/t64-,65-,66-,68+,71+,73+,74+,75+,76+,77+/m1/s1. The van der Waals surface area contributed by atoms with Crippen LogP contribution in [0.3, 0.4) is 0 Å². The molecule has 1 aromatic heterocycles. The van der Waals surface area contributed by atoms with Gasteiger partial charge >= 0.3 is 17.9 Å². The summed E-state index contributed by atoms with van der Waals surface area (Å²) < 4.78 is 66.3. The first-order valence-corrected chi connectivity index (χ1v) is 48.5. The summed E-state index contributed by atoms with van der Waals surface area (Å²) in [6.07, 6.45) is 0.197. The molecule has 4 aromatic rings. The number of primary amides is 1. The number of thioether (sulfide) groups is 2. The number of aromatic hydroxyl groups is 1. The number of aliphatic carboxylic acids is 3. The maximum Gasteiger partial charge on any atom is 0.305 e. The van der Waals surface area contributed by atoms with Crippen LogP contribution in [0.4, 0.5) is 0 Å². The first-order chi connectivity index (χ1) is 65.0. The van der Waals surface area contributed by atoms with Gasteiger partial charge in [0.15, 0.2) is 28.9 Å². The lowest BCUT2D eigenvalue weighted by Gasteiger charge is -2.24. The third kappa shape index (κ3) is 53.2. The van der Waals surface area contributed by atoms with Gasteiger partial charge in [0.1, 0.15) is 5.75 Å². The molecule has 135 heavy (non-hydrogen) atoms. The van der Waals surface area contributed by atoms with E-state index >= 15 is 0 Å². The molecule has 7 amide bonds. The van der Waals surface area contributed by atoms with E-state index in [-0.39, 0.29) is 109 Å². The van der Waals surface area contributed by atoms with Gasteiger partial charge in [-0.05, 0) is 91.0 Å². The van der Waals surface area contributed by atoms with E-state index in [4.69, 9.17) is 68.3 Å². The molecule has 10 atom stereocenters. The number of carboxylic acids is 3. The number of rotatable bonds is 85. The molecule has 754 valence electrons. The number of carbonyl (C=O) groups excluding carboxylic acids is 12. The maximum atomic E-state index is 14.7. The van der Waals surface area contributed by atoms with E-state index < -0.39 is 199 Å². The summed E-state index contributed by atoms with van der Waals surface area (Å²) in [6, 6.07) is 13.8. The molecule has 0 aliphatic heterocycles. The summed E-state index contributed by atoms with van der Waals surface area (Å²) in [7, 11) is 0. The Hall–Kier alpha value is -9.42. The highest BCUT2D eigenvalue weighted by molar-refractivity contribution is 7.98. The van der Waals surface area contributed by atoms with Gasteiger partial charge in [-0.2, -0.15) is 36.2 Å². The lowest BCUT2D eigenvalue weighted by Crippen LogP contribution is -2.49. The van der Waals surface area contributed by atoms with Crippen molar-refractivity contribution in [3.8, 4) is 5.75 Å². The normalized spacial score (nSPS) is 13.6. The highest BCUT2D eigenvalue weighted by atomic mass is 32.2. The zero-order valence-corrected chi connectivity index (χ0v) is 79.7. The molecule has 4 rings (SSSR count). The SMILES string of the molecule is CC[C@H](N)C(=O)N[C@@H](CC(=O)O)C(=O)C[C@@H](CS)C(=O)NCCOCCOCCOCCOCCOCCOCCOCCOCCOCCOCCOCCOCCC(=O)N[C@@H](CC(=O)O)C(=O)C[C@@H](Cc1ccc(O)cc1)C(=O)N[C@@H](CCSC)C(=O)CCC(=O)N[C@@H](Cc1c[nH]c2ccccc12)C(=O)C[C@@H](CCSC)C(=O)N[C@@H](CC(=O)O)C(=O)C[C@@H](Cc1ccccc1)C(N)=O. The molecule has 43 heteroatoms. The molecule has 1 heterocycles. The second-order valence-electron chi connectivity index (χ2n) is 31.3. The van der Waals surface area contributed by atoms with Crippen LogP contribution in [0.25, 0.3) is 10.9 Å². The van der Waals surface area contributed by atoms with Crippen molar-refractivity contribution in [1.29, 1.82) is 0 Å². The van der Waals surface area contributed by atoms with Crippen molar-refractivity contribution in [2.75, 3.05) is 195 Å². The lowest BCUT2D eigenvalue weighted by atomic mass is 9.89. The first-order valence-electron chi connectivity index (χ1n) is 45.1. The van der Waals surface area contributed by atoms with Gasteiger partial charge in [-0.1, -0.05) is 67.6 Å². The van der Waals surface area contributed by atoms with E-state index in [0.29, 0.717) is 147 Å². The Balaban J connectivity index is 1.08. The lowest BCUT2D eigenvalue weighted by molar-refractivity contribution is -0.141. The summed E-state index contributed by atoms with van der Waals surface area (Å²) in [6.45, 7) is 9.01. The molecule has 0 spiro atoms. The van der Waals surface area contributed by atoms with Crippen molar-refractivity contribution in [3.63, 3.8) is 0 Å². The number of para-hydroxylation sites is 1. The molecule has 0 saturated carbocycles. The van der Waals surface area contributed by atoms with Crippen LogP contribution in [0.2, 0.25) is 0 Å². The number of amides is 7. The molecular weight excluding hydrogens is 1820 g/mol. The quantitative estimate of drug-likeness (QED) is 0.0223. The number of benzene rings is 3. The Kier molecular flexibility index (Phi) is 62.9. The number of carboxylic acid groups (broad SMARTS) is 3. The van der Waals surface area contributed by atoms with Crippen molar-refractivity contribution in [2.45, 2.75) is 146 Å². The van der Waals surface area contributed by atoms with E-state index in [1.807, 2.05) is 12.1 Å². The second-order valence-corrected chi connectivity index (χ2v) is 33.7. The summed E-state index contributed by atoms with van der Waals surface area (Å²) >= 11 is 6.90. The maximum absolute atomic E-state index is 14.7. The third-order valence-electron chi connectivity index (χ3n) is 20.8. The zero-order valence-electron chi connectivity index (χ0n) is 77.2. The number of hydrogen-bond donors (Lipinski definition) is 14. The number of phenols is 1. The summed E-state index contributed by atoms with van der Waals surface area (Å²) in [4.78, 5) is 202. The smallest absolute Gasteiger partial charge is 0.305 e. The number of phenolic OH excluding ortho intramolecular Hbond substituents is 1. The Morgan fingerprint density at radius 3 is 1.23 bits per heavy atom. The topological polar surface area (TPSA) is 588 Å². The molecular formula is C92H137N9O31S3. The molecule has 0 aliphatic rings. The Labute approximate surface area is 800 Å². The number of aromatic nitrogens is 1. The van der Waals surface area contributed by atoms with E-state index in [2.05, 4.69) is 49.5 Å². The van der Waals surface area contributed by atoms with Crippen molar-refractivity contribution in [1.82, 2.24) is 36.9 Å². The number of fused-ring (bicyclic) bond motifs is 1. The van der Waals surface area contributed by atoms with E-state index in [1.54, 1.807) is 68.1 Å². The van der Waals surface area contributed by atoms with Crippen LogP contribution in [0, 0.1) is 23.7 Å². The van der Waals surface area contributed by atoms with Gasteiger partial charge in [0.05, 0.1) is 220 Å². The minimum absolute atomic E-state index is 0.0200. The van der Waals surface area contributed by atoms with E-state index in [1.165, 1.54) is 47.8 Å². The third-order valence-corrected chi connectivity index (χ3v) is 22.6. The number of carbonyl (C=O) groups is 15. The molecule has 0 bridgehead atoms. The van der Waals surface area contributed by atoms with Gasteiger partial charge < -0.3 is 126 Å². The Morgan fingerprint density at radius 2 is 0.763 bits per heavy atom. The molecule has 0 aliphatic carbocycles. The van der Waals surface area contributed by atoms with Gasteiger partial charge in [0, 0.05) is 98.5 Å². The molecule has 0 radical (unpaired) electrons. The van der Waals surface area contributed by atoms with Crippen LogP contribution in [0.15, 0.2) is 85.1 Å². The minimum Gasteiger partial charge on any atom is -0.508 e. The fourth-order valence-corrected chi connectivity index (χ4v) is 14.6. The van der Waals surface area contributed by atoms with Crippen molar-refractivity contribution >= 4 is 135 Å². The van der Waals surface area contributed by atoms with Crippen LogP contribution in [0.1, 0.15) is 107 Å². The molecule has 15 N–H and O–H groups in total. The average Bonchev–Trinajstić information content (AvgIpc) is 1.60. The fraction of sp³-hybridized carbons (Fsp3) is 0.620. The summed E-state index contributed by atoms with van der Waals surface area (Å²) in [5.41, 5.74) is 13.9. The number of thiol groups is 1. The molecule has 0 saturated heterocycles. The van der Waals surface area contributed by atoms with E-state index in [9.17, 15) is 92.3 Å². The fourth-order valence-electron chi connectivity index (χ4n) is 13.4. The first kappa shape index (κ1) is 118. The van der Waals surface area contributed by atoms with E-state index in [0.717, 1.165) is 10.9 Å². The largest absolute Gasteiger partial charge is 0.508 e. The number of aromatic amines is 1. The monoisotopic (exact) mass is 1960 g/mol. The predicted molar refractivity (Wildman–Crippen MR) is 502 cm³/mol. The molecule has 0 unspecified atom stereocenters. The number of nitrogens with two attached hydrogens (primary N) is 2. The average molecular weight is 1960 g/mol. The molecule has 40 nitrogen and oxygen atoms in total. The van der Waals surface area contributed by atoms with Crippen LogP contribution in [-0.2, 0) is 148 Å². The number of ketones is 5. The minimum atomic E-state index is -1.59.